The van der Waals surface area contributed by atoms with E-state index in [4.69, 9.17) is 0 Å². The average Bonchev–Trinajstić information content (AvgIpc) is 2.40. The summed E-state index contributed by atoms with van der Waals surface area (Å²) in [7, 11) is -1.91. The van der Waals surface area contributed by atoms with Gasteiger partial charge in [-0.05, 0) is 12.8 Å². The number of benzene rings is 1. The highest BCUT2D eigenvalue weighted by Crippen LogP contribution is 2.27. The molecule has 0 radical (unpaired) electrons. The van der Waals surface area contributed by atoms with Crippen LogP contribution in [0.2, 0.25) is 13.1 Å². The Morgan fingerprint density at radius 2 is 1.65 bits per heavy atom. The minimum absolute atomic E-state index is 0.352. The maximum atomic E-state index is 12.7. The molecule has 1 saturated carbocycles. The first kappa shape index (κ1) is 12.6. The van der Waals surface area contributed by atoms with E-state index < -0.39 is 8.07 Å². The van der Waals surface area contributed by atoms with Crippen molar-refractivity contribution in [1.29, 1.82) is 0 Å². The van der Waals surface area contributed by atoms with Crippen molar-refractivity contribution in [2.45, 2.75) is 45.2 Å². The second-order valence-electron chi connectivity index (χ2n) is 5.69. The Balaban J connectivity index is 2.17. The van der Waals surface area contributed by atoms with Crippen LogP contribution in [0.4, 0.5) is 0 Å². The molecule has 17 heavy (non-hydrogen) atoms. The Labute approximate surface area is 105 Å². The third-order valence-corrected chi connectivity index (χ3v) is 7.50. The van der Waals surface area contributed by atoms with Crippen molar-refractivity contribution < 1.29 is 4.79 Å². The zero-order valence-electron chi connectivity index (χ0n) is 10.9. The first-order chi connectivity index (χ1) is 8.12. The topological polar surface area (TPSA) is 17.1 Å². The van der Waals surface area contributed by atoms with Crippen LogP contribution >= 0.6 is 0 Å². The molecule has 92 valence electrons. The molecule has 1 nitrogen and oxygen atoms in total. The molecule has 1 aliphatic carbocycles. The molecule has 0 heterocycles. The molecule has 0 aliphatic heterocycles. The summed E-state index contributed by atoms with van der Waals surface area (Å²) in [6, 6.07) is 10.4. The van der Waals surface area contributed by atoms with E-state index in [0.29, 0.717) is 11.3 Å². The van der Waals surface area contributed by atoms with E-state index in [0.717, 1.165) is 12.8 Å². The van der Waals surface area contributed by atoms with Crippen molar-refractivity contribution in [3.63, 3.8) is 0 Å². The zero-order valence-corrected chi connectivity index (χ0v) is 11.9. The molecule has 1 aliphatic rings. The van der Waals surface area contributed by atoms with Gasteiger partial charge in [-0.3, -0.25) is 0 Å². The van der Waals surface area contributed by atoms with Gasteiger partial charge in [0, 0.05) is 5.92 Å². The predicted molar refractivity (Wildman–Crippen MR) is 75.1 cm³/mol. The van der Waals surface area contributed by atoms with Crippen molar-refractivity contribution in [3.05, 3.63) is 30.3 Å². The molecule has 2 rings (SSSR count). The second-order valence-corrected chi connectivity index (χ2v) is 10.0. The molecule has 0 unspecified atom stereocenters. The summed E-state index contributed by atoms with van der Waals surface area (Å²) in [6.45, 7) is 4.42. The standard InChI is InChI=1S/C15H22OSi/c1-17(2,14-11-7-4-8-12-14)15(16)13-9-5-3-6-10-13/h4,7-8,11-13H,3,5-6,9-10H2,1-2H3. The monoisotopic (exact) mass is 246 g/mol. The molecule has 0 atom stereocenters. The highest BCUT2D eigenvalue weighted by Gasteiger charge is 2.37. The van der Waals surface area contributed by atoms with Crippen molar-refractivity contribution in [2.75, 3.05) is 0 Å². The van der Waals surface area contributed by atoms with Gasteiger partial charge in [0.15, 0.2) is 8.07 Å². The van der Waals surface area contributed by atoms with Crippen LogP contribution in [0.3, 0.4) is 0 Å². The van der Waals surface area contributed by atoms with Gasteiger partial charge in [0.1, 0.15) is 5.41 Å². The van der Waals surface area contributed by atoms with E-state index >= 15 is 0 Å². The fourth-order valence-corrected chi connectivity index (χ4v) is 5.49. The minimum atomic E-state index is -1.91. The van der Waals surface area contributed by atoms with Gasteiger partial charge in [-0.2, -0.15) is 0 Å². The average molecular weight is 246 g/mol. The lowest BCUT2D eigenvalue weighted by atomic mass is 9.90. The van der Waals surface area contributed by atoms with E-state index in [1.54, 1.807) is 0 Å². The summed E-state index contributed by atoms with van der Waals surface area (Å²) in [5.41, 5.74) is 0. The molecule has 0 aromatic heterocycles. The number of rotatable bonds is 3. The third kappa shape index (κ3) is 2.68. The van der Waals surface area contributed by atoms with Gasteiger partial charge in [-0.25, -0.2) is 0 Å². The first-order valence-corrected chi connectivity index (χ1v) is 9.72. The smallest absolute Gasteiger partial charge is 0.157 e. The van der Waals surface area contributed by atoms with Crippen molar-refractivity contribution in [3.8, 4) is 0 Å². The fraction of sp³-hybridized carbons (Fsp3) is 0.533. The van der Waals surface area contributed by atoms with Crippen LogP contribution in [0.25, 0.3) is 0 Å². The quantitative estimate of drug-likeness (QED) is 0.748. The van der Waals surface area contributed by atoms with Crippen molar-refractivity contribution in [1.82, 2.24) is 0 Å². The van der Waals surface area contributed by atoms with Crippen LogP contribution in [0.1, 0.15) is 32.1 Å². The minimum Gasteiger partial charge on any atom is -0.305 e. The third-order valence-electron chi connectivity index (χ3n) is 4.09. The van der Waals surface area contributed by atoms with Gasteiger partial charge in [-0.1, -0.05) is 67.9 Å². The lowest BCUT2D eigenvalue weighted by molar-refractivity contribution is -0.116. The number of carbonyl (C=O) groups is 1. The molecule has 1 aromatic rings. The lowest BCUT2D eigenvalue weighted by Crippen LogP contribution is -2.52. The lowest BCUT2D eigenvalue weighted by Gasteiger charge is -2.29. The van der Waals surface area contributed by atoms with Crippen molar-refractivity contribution >= 4 is 18.7 Å². The van der Waals surface area contributed by atoms with E-state index in [1.165, 1.54) is 24.4 Å². The Morgan fingerprint density at radius 1 is 1.06 bits per heavy atom. The highest BCUT2D eigenvalue weighted by atomic mass is 28.3. The fourth-order valence-electron chi connectivity index (χ4n) is 2.87. The molecule has 0 amide bonds. The van der Waals surface area contributed by atoms with E-state index in [9.17, 15) is 4.79 Å². The number of carbonyl (C=O) groups excluding carboxylic acids is 1. The Kier molecular flexibility index (Phi) is 3.82. The van der Waals surface area contributed by atoms with Gasteiger partial charge in [0.05, 0.1) is 0 Å². The van der Waals surface area contributed by atoms with E-state index in [2.05, 4.69) is 37.4 Å². The van der Waals surface area contributed by atoms with Crippen LogP contribution in [0.15, 0.2) is 30.3 Å². The molecule has 0 N–H and O–H groups in total. The van der Waals surface area contributed by atoms with Crippen LogP contribution in [-0.4, -0.2) is 13.5 Å². The van der Waals surface area contributed by atoms with Crippen LogP contribution < -0.4 is 5.19 Å². The summed E-state index contributed by atoms with van der Waals surface area (Å²) in [4.78, 5) is 12.7. The van der Waals surface area contributed by atoms with Crippen LogP contribution in [0, 0.1) is 5.92 Å². The Bertz CT molecular complexity index is 377. The normalized spacial score (nSPS) is 18.0. The van der Waals surface area contributed by atoms with Gasteiger partial charge in [0.25, 0.3) is 0 Å². The molecule has 2 heteroatoms. The highest BCUT2D eigenvalue weighted by molar-refractivity contribution is 7.13. The molecule has 0 saturated heterocycles. The summed E-state index contributed by atoms with van der Waals surface area (Å²) < 4.78 is 0. The van der Waals surface area contributed by atoms with Crippen LogP contribution in [0.5, 0.6) is 0 Å². The van der Waals surface area contributed by atoms with Gasteiger partial charge in [-0.15, -0.1) is 0 Å². The molecule has 0 spiro atoms. The number of hydrogen-bond donors (Lipinski definition) is 0. The number of hydrogen-bond acceptors (Lipinski definition) is 1. The van der Waals surface area contributed by atoms with E-state index in [1.807, 2.05) is 6.07 Å². The van der Waals surface area contributed by atoms with Gasteiger partial charge < -0.3 is 4.79 Å². The molecular weight excluding hydrogens is 224 g/mol. The zero-order chi connectivity index (χ0) is 12.3. The molecule has 1 fully saturated rings. The van der Waals surface area contributed by atoms with Gasteiger partial charge >= 0.3 is 0 Å². The maximum absolute atomic E-state index is 12.7. The predicted octanol–water partition coefficient (Wildman–Crippen LogP) is 3.29. The SMILES string of the molecule is C[Si](C)(C(=O)C1CCCCC1)c1ccccc1. The molecule has 1 aromatic carbocycles. The second kappa shape index (κ2) is 5.17. The van der Waals surface area contributed by atoms with Gasteiger partial charge in [0.2, 0.25) is 0 Å². The van der Waals surface area contributed by atoms with Crippen molar-refractivity contribution in [2.24, 2.45) is 5.92 Å². The summed E-state index contributed by atoms with van der Waals surface area (Å²) in [6.07, 6.45) is 6.06. The molecule has 0 bridgehead atoms. The Hall–Kier alpha value is -0.893. The maximum Gasteiger partial charge on any atom is 0.157 e. The van der Waals surface area contributed by atoms with E-state index in [-0.39, 0.29) is 0 Å². The Morgan fingerprint density at radius 3 is 2.24 bits per heavy atom. The first-order valence-electron chi connectivity index (χ1n) is 6.72. The largest absolute Gasteiger partial charge is 0.305 e. The summed E-state index contributed by atoms with van der Waals surface area (Å²) in [5, 5.41) is 1.86. The molecular formula is C15H22OSi. The van der Waals surface area contributed by atoms with Crippen LogP contribution in [-0.2, 0) is 4.79 Å². The summed E-state index contributed by atoms with van der Waals surface area (Å²) in [5.74, 6) is 0.352. The summed E-state index contributed by atoms with van der Waals surface area (Å²) >= 11 is 0.